The van der Waals surface area contributed by atoms with Crippen LogP contribution in [0.1, 0.15) is 36.5 Å². The number of hydrogen-bond acceptors (Lipinski definition) is 2. The van der Waals surface area contributed by atoms with Crippen molar-refractivity contribution in [2.45, 2.75) is 45.3 Å². The van der Waals surface area contributed by atoms with Gasteiger partial charge in [0.25, 0.3) is 0 Å². The molecule has 0 radical (unpaired) electrons. The Kier molecular flexibility index (Phi) is 3.04. The van der Waals surface area contributed by atoms with E-state index in [2.05, 4.69) is 37.4 Å². The maximum atomic E-state index is 10.7. The molecule has 1 aliphatic rings. The summed E-state index contributed by atoms with van der Waals surface area (Å²) in [6, 6.07) is 6.51. The number of aryl methyl sites for hydroxylation is 2. The summed E-state index contributed by atoms with van der Waals surface area (Å²) in [7, 11) is 0. The van der Waals surface area contributed by atoms with E-state index in [1.807, 2.05) is 6.92 Å². The molecule has 2 heteroatoms. The van der Waals surface area contributed by atoms with E-state index in [1.54, 1.807) is 0 Å². The number of aliphatic hydroxyl groups is 1. The maximum Gasteiger partial charge on any atom is 0.102 e. The van der Waals surface area contributed by atoms with Crippen molar-refractivity contribution >= 4 is 0 Å². The van der Waals surface area contributed by atoms with E-state index in [-0.39, 0.29) is 6.04 Å². The molecule has 1 aromatic rings. The van der Waals surface area contributed by atoms with E-state index in [4.69, 9.17) is 0 Å². The quantitative estimate of drug-likeness (QED) is 0.799. The van der Waals surface area contributed by atoms with Gasteiger partial charge in [-0.05, 0) is 45.7 Å². The summed E-state index contributed by atoms with van der Waals surface area (Å²) in [5.74, 6) is 0. The molecule has 0 aromatic heterocycles. The first-order chi connectivity index (χ1) is 7.50. The molecule has 1 aromatic carbocycles. The molecule has 0 amide bonds. The fourth-order valence-corrected chi connectivity index (χ4v) is 2.63. The summed E-state index contributed by atoms with van der Waals surface area (Å²) in [5, 5.41) is 14.1. The zero-order chi connectivity index (χ0) is 11.8. The molecule has 88 valence electrons. The van der Waals surface area contributed by atoms with E-state index in [0.29, 0.717) is 0 Å². The number of hydrogen-bond donors (Lipinski definition) is 2. The lowest BCUT2D eigenvalue weighted by molar-refractivity contribution is 0.0217. The second kappa shape index (κ2) is 4.19. The highest BCUT2D eigenvalue weighted by atomic mass is 16.3. The van der Waals surface area contributed by atoms with E-state index >= 15 is 0 Å². The number of benzene rings is 1. The second-order valence-electron chi connectivity index (χ2n) is 5.17. The van der Waals surface area contributed by atoms with Gasteiger partial charge in [-0.15, -0.1) is 0 Å². The van der Waals surface area contributed by atoms with E-state index < -0.39 is 5.60 Å². The SMILES string of the molecule is Cc1cc(C)cc([C@@](C)(O)[C@@H]2CCCN2)c1. The molecular formula is C14H21NO. The van der Waals surface area contributed by atoms with Crippen LogP contribution in [0, 0.1) is 13.8 Å². The van der Waals surface area contributed by atoms with Gasteiger partial charge in [-0.3, -0.25) is 0 Å². The maximum absolute atomic E-state index is 10.7. The Labute approximate surface area is 97.7 Å². The van der Waals surface area contributed by atoms with Gasteiger partial charge in [-0.1, -0.05) is 29.3 Å². The van der Waals surface area contributed by atoms with Gasteiger partial charge < -0.3 is 10.4 Å². The average Bonchev–Trinajstić information content (AvgIpc) is 2.69. The molecule has 2 atom stereocenters. The van der Waals surface area contributed by atoms with Crippen LogP contribution in [0.15, 0.2) is 18.2 Å². The molecule has 2 rings (SSSR count). The van der Waals surface area contributed by atoms with Gasteiger partial charge in [-0.2, -0.15) is 0 Å². The smallest absolute Gasteiger partial charge is 0.102 e. The Morgan fingerprint density at radius 2 is 1.88 bits per heavy atom. The third kappa shape index (κ3) is 2.13. The van der Waals surface area contributed by atoms with Crippen LogP contribution in [0.2, 0.25) is 0 Å². The lowest BCUT2D eigenvalue weighted by atomic mass is 9.86. The van der Waals surface area contributed by atoms with Crippen molar-refractivity contribution < 1.29 is 5.11 Å². The number of nitrogens with one attached hydrogen (secondary N) is 1. The Hall–Kier alpha value is -0.860. The molecule has 1 saturated heterocycles. The average molecular weight is 219 g/mol. The topological polar surface area (TPSA) is 32.3 Å². The first-order valence-corrected chi connectivity index (χ1v) is 6.04. The molecule has 2 N–H and O–H groups in total. The monoisotopic (exact) mass is 219 g/mol. The van der Waals surface area contributed by atoms with Crippen LogP contribution in [0.4, 0.5) is 0 Å². The van der Waals surface area contributed by atoms with Gasteiger partial charge in [0.1, 0.15) is 5.60 Å². The van der Waals surface area contributed by atoms with Crippen LogP contribution in [-0.4, -0.2) is 17.7 Å². The van der Waals surface area contributed by atoms with Gasteiger partial charge in [-0.25, -0.2) is 0 Å². The molecule has 2 nitrogen and oxygen atoms in total. The Bertz CT molecular complexity index is 358. The standard InChI is InChI=1S/C14H21NO/c1-10-7-11(2)9-12(8-10)14(3,16)13-5-4-6-15-13/h7-9,13,15-16H,4-6H2,1-3H3/t13-,14+/m0/s1. The summed E-state index contributed by atoms with van der Waals surface area (Å²) in [5.41, 5.74) is 2.71. The van der Waals surface area contributed by atoms with E-state index in [0.717, 1.165) is 24.9 Å². The third-order valence-electron chi connectivity index (χ3n) is 3.54. The lowest BCUT2D eigenvalue weighted by Crippen LogP contribution is -2.42. The first kappa shape index (κ1) is 11.6. The lowest BCUT2D eigenvalue weighted by Gasteiger charge is -2.31. The fraction of sp³-hybridized carbons (Fsp3) is 0.571. The summed E-state index contributed by atoms with van der Waals surface area (Å²) in [6.07, 6.45) is 2.21. The van der Waals surface area contributed by atoms with E-state index in [9.17, 15) is 5.11 Å². The predicted octanol–water partition coefficient (Wildman–Crippen LogP) is 2.26. The van der Waals surface area contributed by atoms with E-state index in [1.165, 1.54) is 11.1 Å². The van der Waals surface area contributed by atoms with Crippen LogP contribution >= 0.6 is 0 Å². The Balaban J connectivity index is 2.33. The van der Waals surface area contributed by atoms with Crippen molar-refractivity contribution in [1.82, 2.24) is 5.32 Å². The normalized spacial score (nSPS) is 24.4. The zero-order valence-electron chi connectivity index (χ0n) is 10.4. The van der Waals surface area contributed by atoms with Crippen LogP contribution in [0.5, 0.6) is 0 Å². The highest BCUT2D eigenvalue weighted by Crippen LogP contribution is 2.30. The summed E-state index contributed by atoms with van der Waals surface area (Å²) < 4.78 is 0. The number of rotatable bonds is 2. The molecule has 0 aliphatic carbocycles. The van der Waals surface area contributed by atoms with Crippen LogP contribution in [-0.2, 0) is 5.60 Å². The fourth-order valence-electron chi connectivity index (χ4n) is 2.63. The minimum absolute atomic E-state index is 0.189. The summed E-state index contributed by atoms with van der Waals surface area (Å²) in [4.78, 5) is 0. The van der Waals surface area contributed by atoms with Gasteiger partial charge >= 0.3 is 0 Å². The zero-order valence-corrected chi connectivity index (χ0v) is 10.4. The largest absolute Gasteiger partial charge is 0.384 e. The second-order valence-corrected chi connectivity index (χ2v) is 5.17. The van der Waals surface area contributed by atoms with Crippen molar-refractivity contribution in [1.29, 1.82) is 0 Å². The minimum atomic E-state index is -0.757. The van der Waals surface area contributed by atoms with Crippen molar-refractivity contribution in [2.75, 3.05) is 6.54 Å². The first-order valence-electron chi connectivity index (χ1n) is 6.04. The van der Waals surface area contributed by atoms with Gasteiger partial charge in [0.05, 0.1) is 0 Å². The van der Waals surface area contributed by atoms with Crippen molar-refractivity contribution in [2.24, 2.45) is 0 Å². The molecule has 1 fully saturated rings. The van der Waals surface area contributed by atoms with Gasteiger partial charge in [0, 0.05) is 6.04 Å². The predicted molar refractivity (Wildman–Crippen MR) is 66.5 cm³/mol. The highest BCUT2D eigenvalue weighted by molar-refractivity contribution is 5.33. The summed E-state index contributed by atoms with van der Waals surface area (Å²) >= 11 is 0. The minimum Gasteiger partial charge on any atom is -0.384 e. The van der Waals surface area contributed by atoms with Crippen molar-refractivity contribution in [3.05, 3.63) is 34.9 Å². The van der Waals surface area contributed by atoms with Crippen LogP contribution in [0.25, 0.3) is 0 Å². The molecule has 1 aliphatic heterocycles. The molecule has 1 heterocycles. The Morgan fingerprint density at radius 3 is 2.38 bits per heavy atom. The molecular weight excluding hydrogens is 198 g/mol. The molecule has 0 saturated carbocycles. The molecule has 0 spiro atoms. The molecule has 16 heavy (non-hydrogen) atoms. The van der Waals surface area contributed by atoms with Crippen LogP contribution < -0.4 is 5.32 Å². The van der Waals surface area contributed by atoms with Crippen LogP contribution in [0.3, 0.4) is 0 Å². The molecule has 0 bridgehead atoms. The highest BCUT2D eigenvalue weighted by Gasteiger charge is 2.35. The van der Waals surface area contributed by atoms with Crippen molar-refractivity contribution in [3.8, 4) is 0 Å². The summed E-state index contributed by atoms with van der Waals surface area (Å²) in [6.45, 7) is 7.10. The molecule has 0 unspecified atom stereocenters. The Morgan fingerprint density at radius 1 is 1.25 bits per heavy atom. The third-order valence-corrected chi connectivity index (χ3v) is 3.54. The van der Waals surface area contributed by atoms with Crippen molar-refractivity contribution in [3.63, 3.8) is 0 Å². The van der Waals surface area contributed by atoms with Gasteiger partial charge in [0.15, 0.2) is 0 Å². The van der Waals surface area contributed by atoms with Gasteiger partial charge in [0.2, 0.25) is 0 Å².